The first-order valence-electron chi connectivity index (χ1n) is 6.02. The molecule has 96 valence electrons. The third-order valence-electron chi connectivity index (χ3n) is 2.87. The summed E-state index contributed by atoms with van der Waals surface area (Å²) in [4.78, 5) is 8.97. The van der Waals surface area contributed by atoms with Gasteiger partial charge < -0.3 is 4.74 Å². The van der Waals surface area contributed by atoms with Crippen molar-refractivity contribution in [3.8, 4) is 0 Å². The molecule has 1 heterocycles. The van der Waals surface area contributed by atoms with E-state index in [0.29, 0.717) is 0 Å². The van der Waals surface area contributed by atoms with E-state index in [1.807, 2.05) is 24.3 Å². The second kappa shape index (κ2) is 6.39. The molecule has 0 spiro atoms. The van der Waals surface area contributed by atoms with Gasteiger partial charge in [0.05, 0.1) is 29.0 Å². The average Bonchev–Trinajstić information content (AvgIpc) is 2.43. The predicted octanol–water partition coefficient (Wildman–Crippen LogP) is 1.56. The van der Waals surface area contributed by atoms with E-state index in [4.69, 9.17) is 10.6 Å². The highest BCUT2D eigenvalue weighted by Crippen LogP contribution is 2.17. The van der Waals surface area contributed by atoms with Crippen LogP contribution in [0, 0.1) is 0 Å². The summed E-state index contributed by atoms with van der Waals surface area (Å²) in [5.74, 6) is 5.57. The highest BCUT2D eigenvalue weighted by atomic mass is 16.5. The van der Waals surface area contributed by atoms with Gasteiger partial charge in [-0.15, -0.1) is 0 Å². The van der Waals surface area contributed by atoms with Gasteiger partial charge in [-0.25, -0.2) is 4.98 Å². The van der Waals surface area contributed by atoms with Crippen molar-refractivity contribution in [2.45, 2.75) is 18.9 Å². The Kier molecular flexibility index (Phi) is 4.58. The van der Waals surface area contributed by atoms with Crippen molar-refractivity contribution in [3.05, 3.63) is 36.2 Å². The Morgan fingerprint density at radius 2 is 2.11 bits per heavy atom. The van der Waals surface area contributed by atoms with Crippen LogP contribution < -0.4 is 11.3 Å². The first kappa shape index (κ1) is 12.9. The van der Waals surface area contributed by atoms with E-state index in [0.717, 1.165) is 36.2 Å². The maximum Gasteiger partial charge on any atom is 0.0890 e. The number of methoxy groups -OCH3 is 1. The summed E-state index contributed by atoms with van der Waals surface area (Å²) in [6.07, 6.45) is 3.58. The molecule has 0 aliphatic rings. The fourth-order valence-electron chi connectivity index (χ4n) is 1.89. The molecule has 2 aromatic rings. The van der Waals surface area contributed by atoms with E-state index in [1.54, 1.807) is 13.3 Å². The monoisotopic (exact) mass is 246 g/mol. The molecule has 0 fully saturated rings. The molecule has 5 nitrogen and oxygen atoms in total. The number of hydrazine groups is 1. The summed E-state index contributed by atoms with van der Waals surface area (Å²) in [7, 11) is 1.70. The Labute approximate surface area is 106 Å². The number of hydrogen-bond donors (Lipinski definition) is 2. The van der Waals surface area contributed by atoms with Gasteiger partial charge in [0, 0.05) is 13.7 Å². The first-order valence-corrected chi connectivity index (χ1v) is 6.02. The highest BCUT2D eigenvalue weighted by molar-refractivity contribution is 5.73. The highest BCUT2D eigenvalue weighted by Gasteiger charge is 2.11. The fraction of sp³-hybridized carbons (Fsp3) is 0.385. The van der Waals surface area contributed by atoms with E-state index in [-0.39, 0.29) is 6.04 Å². The standard InChI is InChI=1S/C13H18N4O/c1-18-8-4-7-12(17-14)13-9-15-10-5-2-3-6-11(10)16-13/h2-3,5-6,9,12,17H,4,7-8,14H2,1H3. The van der Waals surface area contributed by atoms with Crippen molar-refractivity contribution >= 4 is 11.0 Å². The van der Waals surface area contributed by atoms with Crippen molar-refractivity contribution < 1.29 is 4.74 Å². The number of aromatic nitrogens is 2. The summed E-state index contributed by atoms with van der Waals surface area (Å²) in [5, 5.41) is 0. The van der Waals surface area contributed by atoms with Crippen LogP contribution in [0.4, 0.5) is 0 Å². The Morgan fingerprint density at radius 1 is 1.33 bits per heavy atom. The minimum absolute atomic E-state index is 0.0113. The van der Waals surface area contributed by atoms with Crippen LogP contribution >= 0.6 is 0 Å². The largest absolute Gasteiger partial charge is 0.385 e. The molecule has 1 atom stereocenters. The lowest BCUT2D eigenvalue weighted by Crippen LogP contribution is -2.29. The summed E-state index contributed by atoms with van der Waals surface area (Å²) in [6, 6.07) is 7.82. The number of ether oxygens (including phenoxy) is 1. The zero-order valence-electron chi connectivity index (χ0n) is 10.5. The molecule has 1 unspecified atom stereocenters. The second-order valence-corrected chi connectivity index (χ2v) is 4.14. The zero-order chi connectivity index (χ0) is 12.8. The number of fused-ring (bicyclic) bond motifs is 1. The number of nitrogens with one attached hydrogen (secondary N) is 1. The average molecular weight is 246 g/mol. The van der Waals surface area contributed by atoms with Gasteiger partial charge in [0.25, 0.3) is 0 Å². The molecule has 0 aliphatic heterocycles. The summed E-state index contributed by atoms with van der Waals surface area (Å²) >= 11 is 0. The Bertz CT molecular complexity index is 503. The van der Waals surface area contributed by atoms with E-state index in [2.05, 4.69) is 15.4 Å². The Morgan fingerprint density at radius 3 is 2.83 bits per heavy atom. The molecule has 0 radical (unpaired) electrons. The van der Waals surface area contributed by atoms with Crippen LogP contribution in [-0.2, 0) is 4.74 Å². The Hall–Kier alpha value is -1.56. The normalized spacial score (nSPS) is 12.8. The van der Waals surface area contributed by atoms with Gasteiger partial charge in [-0.1, -0.05) is 12.1 Å². The molecule has 0 saturated heterocycles. The molecule has 0 saturated carbocycles. The van der Waals surface area contributed by atoms with Gasteiger partial charge in [0.1, 0.15) is 0 Å². The van der Waals surface area contributed by atoms with Crippen LogP contribution in [0.25, 0.3) is 11.0 Å². The third-order valence-corrected chi connectivity index (χ3v) is 2.87. The quantitative estimate of drug-likeness (QED) is 0.460. The van der Waals surface area contributed by atoms with Crippen molar-refractivity contribution in [1.29, 1.82) is 0 Å². The number of hydrogen-bond acceptors (Lipinski definition) is 5. The van der Waals surface area contributed by atoms with Crippen LogP contribution in [0.5, 0.6) is 0 Å². The lowest BCUT2D eigenvalue weighted by atomic mass is 10.1. The molecule has 5 heteroatoms. The summed E-state index contributed by atoms with van der Waals surface area (Å²) in [6.45, 7) is 0.721. The third kappa shape index (κ3) is 3.01. The maximum absolute atomic E-state index is 5.57. The van der Waals surface area contributed by atoms with Crippen molar-refractivity contribution in [1.82, 2.24) is 15.4 Å². The summed E-state index contributed by atoms with van der Waals surface area (Å²) in [5.41, 5.74) is 5.44. The van der Waals surface area contributed by atoms with Gasteiger partial charge in [-0.05, 0) is 25.0 Å². The fourth-order valence-corrected chi connectivity index (χ4v) is 1.89. The van der Waals surface area contributed by atoms with Gasteiger partial charge in [0.15, 0.2) is 0 Å². The van der Waals surface area contributed by atoms with Gasteiger partial charge in [0.2, 0.25) is 0 Å². The molecule has 18 heavy (non-hydrogen) atoms. The lowest BCUT2D eigenvalue weighted by Gasteiger charge is -2.15. The van der Waals surface area contributed by atoms with E-state index < -0.39 is 0 Å². The smallest absolute Gasteiger partial charge is 0.0890 e. The van der Waals surface area contributed by atoms with Crippen molar-refractivity contribution in [3.63, 3.8) is 0 Å². The Balaban J connectivity index is 2.17. The van der Waals surface area contributed by atoms with Crippen LogP contribution in [0.2, 0.25) is 0 Å². The molecule has 0 bridgehead atoms. The number of nitrogens with two attached hydrogens (primary N) is 1. The van der Waals surface area contributed by atoms with Crippen LogP contribution in [0.1, 0.15) is 24.6 Å². The number of para-hydroxylation sites is 2. The molecule has 3 N–H and O–H groups in total. The van der Waals surface area contributed by atoms with E-state index in [9.17, 15) is 0 Å². The first-order chi connectivity index (χ1) is 8.85. The van der Waals surface area contributed by atoms with Gasteiger partial charge in [-0.2, -0.15) is 0 Å². The van der Waals surface area contributed by atoms with Crippen molar-refractivity contribution in [2.75, 3.05) is 13.7 Å². The summed E-state index contributed by atoms with van der Waals surface area (Å²) < 4.78 is 5.04. The topological polar surface area (TPSA) is 73.1 Å². The van der Waals surface area contributed by atoms with E-state index in [1.165, 1.54) is 0 Å². The van der Waals surface area contributed by atoms with Gasteiger partial charge in [-0.3, -0.25) is 16.3 Å². The van der Waals surface area contributed by atoms with Crippen molar-refractivity contribution in [2.24, 2.45) is 5.84 Å². The van der Waals surface area contributed by atoms with Crippen LogP contribution in [0.3, 0.4) is 0 Å². The molecular formula is C13H18N4O. The van der Waals surface area contributed by atoms with Crippen LogP contribution in [0.15, 0.2) is 30.5 Å². The molecule has 2 rings (SSSR count). The molecular weight excluding hydrogens is 228 g/mol. The van der Waals surface area contributed by atoms with Gasteiger partial charge >= 0.3 is 0 Å². The number of rotatable bonds is 6. The zero-order valence-corrected chi connectivity index (χ0v) is 10.5. The van der Waals surface area contributed by atoms with E-state index >= 15 is 0 Å². The SMILES string of the molecule is COCCCC(NN)c1cnc2ccccc2n1. The lowest BCUT2D eigenvalue weighted by molar-refractivity contribution is 0.188. The second-order valence-electron chi connectivity index (χ2n) is 4.14. The minimum Gasteiger partial charge on any atom is -0.385 e. The minimum atomic E-state index is 0.0113. The molecule has 1 aromatic carbocycles. The molecule has 1 aromatic heterocycles. The predicted molar refractivity (Wildman–Crippen MR) is 70.7 cm³/mol. The number of nitrogens with zero attached hydrogens (tertiary/aromatic N) is 2. The molecule has 0 amide bonds. The van der Waals surface area contributed by atoms with Crippen LogP contribution in [-0.4, -0.2) is 23.7 Å². The maximum atomic E-state index is 5.57. The molecule has 0 aliphatic carbocycles. The number of benzene rings is 1.